The minimum Gasteiger partial charge on any atom is -0.387 e. The maximum absolute atomic E-state index is 5.08. The van der Waals surface area contributed by atoms with Crippen LogP contribution in [-0.4, -0.2) is 39.2 Å². The lowest BCUT2D eigenvalue weighted by atomic mass is 9.91. The standard InChI is InChI=1S/C38H34N6/c1-4-27(10-11-28(5-1)29-12-18-39-19-13-29)24-36-42-37(34-8-2-6-32(25-34)30-14-20-40-21-15-30)44-38(43-36)35-9-3-7-33(26-35)31-16-22-41-23-17-31/h1-2,4-8,10,12-16,18,20-22,25-26,39H,3,9,11,17,19,23-24H2. The van der Waals surface area contributed by atoms with Crippen molar-refractivity contribution in [3.05, 3.63) is 149 Å². The first-order chi connectivity index (χ1) is 21.8. The Morgan fingerprint density at radius 3 is 2.52 bits per heavy atom. The van der Waals surface area contributed by atoms with Crippen LogP contribution >= 0.6 is 0 Å². The zero-order valence-corrected chi connectivity index (χ0v) is 24.7. The van der Waals surface area contributed by atoms with Crippen LogP contribution in [-0.2, 0) is 6.42 Å². The van der Waals surface area contributed by atoms with Gasteiger partial charge in [0, 0.05) is 43.7 Å². The molecule has 0 radical (unpaired) electrons. The minimum atomic E-state index is 0.637. The van der Waals surface area contributed by atoms with Gasteiger partial charge in [-0.1, -0.05) is 54.7 Å². The number of hydrogen-bond acceptors (Lipinski definition) is 6. The smallest absolute Gasteiger partial charge is 0.163 e. The molecule has 44 heavy (non-hydrogen) atoms. The van der Waals surface area contributed by atoms with E-state index >= 15 is 0 Å². The first-order valence-corrected chi connectivity index (χ1v) is 15.3. The maximum Gasteiger partial charge on any atom is 0.163 e. The van der Waals surface area contributed by atoms with Crippen LogP contribution in [0.1, 0.15) is 37.3 Å². The van der Waals surface area contributed by atoms with Gasteiger partial charge in [-0.15, -0.1) is 0 Å². The summed E-state index contributed by atoms with van der Waals surface area (Å²) in [7, 11) is 0. The number of aromatic nitrogens is 4. The van der Waals surface area contributed by atoms with Gasteiger partial charge in [-0.2, -0.15) is 0 Å². The normalized spacial score (nSPS) is 17.8. The fraction of sp³-hybridized carbons (Fsp3) is 0.184. The molecule has 4 heterocycles. The summed E-state index contributed by atoms with van der Waals surface area (Å²) in [5, 5.41) is 3.24. The van der Waals surface area contributed by atoms with Crippen LogP contribution in [0.3, 0.4) is 0 Å². The molecule has 2 aromatic heterocycles. The lowest BCUT2D eigenvalue weighted by Crippen LogP contribution is -2.09. The molecule has 7 rings (SSSR count). The number of nitrogens with zero attached hydrogens (tertiary/aromatic N) is 5. The number of nitrogens with one attached hydrogen (secondary N) is 1. The second-order valence-corrected chi connectivity index (χ2v) is 11.2. The van der Waals surface area contributed by atoms with Crippen LogP contribution in [0, 0.1) is 0 Å². The second-order valence-electron chi connectivity index (χ2n) is 11.2. The van der Waals surface area contributed by atoms with E-state index in [0.717, 1.165) is 72.7 Å². The van der Waals surface area contributed by atoms with E-state index in [2.05, 4.69) is 94.2 Å². The molecule has 6 nitrogen and oxygen atoms in total. The molecule has 0 bridgehead atoms. The van der Waals surface area contributed by atoms with Crippen LogP contribution in [0.4, 0.5) is 0 Å². The Morgan fingerprint density at radius 1 is 0.750 bits per heavy atom. The van der Waals surface area contributed by atoms with E-state index in [0.29, 0.717) is 12.2 Å². The third-order valence-electron chi connectivity index (χ3n) is 8.22. The van der Waals surface area contributed by atoms with Crippen molar-refractivity contribution in [2.75, 3.05) is 13.1 Å². The molecule has 1 aromatic carbocycles. The molecule has 6 heteroatoms. The molecule has 4 aliphatic rings. The van der Waals surface area contributed by atoms with Crippen molar-refractivity contribution in [3.63, 3.8) is 0 Å². The summed E-state index contributed by atoms with van der Waals surface area (Å²) in [5.74, 6) is 2.24. The van der Waals surface area contributed by atoms with Gasteiger partial charge in [0.05, 0.1) is 0 Å². The van der Waals surface area contributed by atoms with E-state index in [1.54, 1.807) is 0 Å². The fourth-order valence-electron chi connectivity index (χ4n) is 5.87. The minimum absolute atomic E-state index is 0.637. The topological polar surface area (TPSA) is 76.0 Å². The molecule has 216 valence electrons. The van der Waals surface area contributed by atoms with Gasteiger partial charge >= 0.3 is 0 Å². The molecule has 1 N–H and O–H groups in total. The second kappa shape index (κ2) is 13.0. The summed E-state index contributed by atoms with van der Waals surface area (Å²) >= 11 is 0. The lowest BCUT2D eigenvalue weighted by molar-refractivity contribution is 0.888. The molecule has 0 amide bonds. The number of hydrogen-bond donors (Lipinski definition) is 1. The Morgan fingerprint density at radius 2 is 1.66 bits per heavy atom. The molecule has 0 fully saturated rings. The van der Waals surface area contributed by atoms with Crippen LogP contribution in [0.2, 0.25) is 0 Å². The van der Waals surface area contributed by atoms with E-state index in [-0.39, 0.29) is 0 Å². The predicted octanol–water partition coefficient (Wildman–Crippen LogP) is 7.50. The zero-order chi connectivity index (χ0) is 29.6. The van der Waals surface area contributed by atoms with Gasteiger partial charge < -0.3 is 5.32 Å². The highest BCUT2D eigenvalue weighted by Gasteiger charge is 2.18. The summed E-state index contributed by atoms with van der Waals surface area (Å²) in [6.07, 6.45) is 31.9. The highest BCUT2D eigenvalue weighted by molar-refractivity contribution is 5.77. The molecule has 0 atom stereocenters. The van der Waals surface area contributed by atoms with Gasteiger partial charge in [0.1, 0.15) is 5.82 Å². The monoisotopic (exact) mass is 574 g/mol. The summed E-state index contributed by atoms with van der Waals surface area (Å²) < 4.78 is 0. The van der Waals surface area contributed by atoms with Crippen LogP contribution < -0.4 is 5.32 Å². The Balaban J connectivity index is 1.24. The zero-order valence-electron chi connectivity index (χ0n) is 24.7. The molecule has 0 unspecified atom stereocenters. The average Bonchev–Trinajstić information content (AvgIpc) is 3.35. The van der Waals surface area contributed by atoms with Crippen LogP contribution in [0.25, 0.3) is 28.1 Å². The largest absolute Gasteiger partial charge is 0.387 e. The number of benzene rings is 1. The van der Waals surface area contributed by atoms with Gasteiger partial charge in [0.2, 0.25) is 0 Å². The first-order valence-electron chi connectivity index (χ1n) is 15.3. The van der Waals surface area contributed by atoms with Crippen molar-refractivity contribution in [1.29, 1.82) is 0 Å². The van der Waals surface area contributed by atoms with Crippen LogP contribution in [0.5, 0.6) is 0 Å². The predicted molar refractivity (Wildman–Crippen MR) is 179 cm³/mol. The molecule has 3 aromatic rings. The van der Waals surface area contributed by atoms with Crippen molar-refractivity contribution in [2.24, 2.45) is 4.99 Å². The number of aliphatic imine (C=N–C) groups is 1. The summed E-state index contributed by atoms with van der Waals surface area (Å²) in [4.78, 5) is 23.8. The van der Waals surface area contributed by atoms with Crippen molar-refractivity contribution in [3.8, 4) is 22.5 Å². The van der Waals surface area contributed by atoms with Crippen molar-refractivity contribution < 1.29 is 0 Å². The molecule has 2 aliphatic heterocycles. The maximum atomic E-state index is 5.08. The molecular formula is C38H34N6. The molecule has 0 saturated carbocycles. The number of rotatable bonds is 7. The molecule has 0 spiro atoms. The Labute approximate surface area is 258 Å². The van der Waals surface area contributed by atoms with Gasteiger partial charge in [-0.05, 0) is 113 Å². The molecule has 0 saturated heterocycles. The Hall–Kier alpha value is -5.23. The van der Waals surface area contributed by atoms with E-state index < -0.39 is 0 Å². The summed E-state index contributed by atoms with van der Waals surface area (Å²) in [6, 6.07) is 12.5. The van der Waals surface area contributed by atoms with Gasteiger partial charge in [0.25, 0.3) is 0 Å². The highest BCUT2D eigenvalue weighted by Crippen LogP contribution is 2.32. The number of pyridine rings is 1. The van der Waals surface area contributed by atoms with E-state index in [1.165, 1.54) is 27.9 Å². The van der Waals surface area contributed by atoms with Crippen molar-refractivity contribution >= 4 is 11.8 Å². The van der Waals surface area contributed by atoms with Crippen LogP contribution in [0.15, 0.2) is 143 Å². The first kappa shape index (κ1) is 27.6. The third kappa shape index (κ3) is 6.40. The quantitative estimate of drug-likeness (QED) is 0.316. The van der Waals surface area contributed by atoms with Gasteiger partial charge in [-0.25, -0.2) is 15.0 Å². The molecular weight excluding hydrogens is 540 g/mol. The Kier molecular flexibility index (Phi) is 8.13. The van der Waals surface area contributed by atoms with Crippen molar-refractivity contribution in [1.82, 2.24) is 25.3 Å². The van der Waals surface area contributed by atoms with E-state index in [4.69, 9.17) is 15.0 Å². The van der Waals surface area contributed by atoms with E-state index in [1.807, 2.05) is 36.9 Å². The SMILES string of the molecule is C1=CC(Cc2nc(C3=CC(C4=CC=NCC4)=CCC3)nc(-c3cccc(-c4ccncc4)c3)n2)=CCC(C2=CCNC=C2)=C1. The lowest BCUT2D eigenvalue weighted by Gasteiger charge is -2.17. The molecule has 2 aliphatic carbocycles. The summed E-state index contributed by atoms with van der Waals surface area (Å²) in [6.45, 7) is 1.70. The average molecular weight is 575 g/mol. The Bertz CT molecular complexity index is 1850. The number of allylic oxidation sites excluding steroid dienone is 13. The summed E-state index contributed by atoms with van der Waals surface area (Å²) in [5.41, 5.74) is 10.7. The van der Waals surface area contributed by atoms with Gasteiger partial charge in [-0.3, -0.25) is 9.98 Å². The van der Waals surface area contributed by atoms with E-state index in [9.17, 15) is 0 Å². The van der Waals surface area contributed by atoms with Crippen molar-refractivity contribution in [2.45, 2.75) is 32.1 Å². The highest BCUT2D eigenvalue weighted by atomic mass is 15.0. The van der Waals surface area contributed by atoms with Gasteiger partial charge in [0.15, 0.2) is 11.6 Å². The third-order valence-corrected chi connectivity index (χ3v) is 8.22. The fourth-order valence-corrected chi connectivity index (χ4v) is 5.87. The number of dihydropyridines is 2.